The average Bonchev–Trinajstić information content (AvgIpc) is 3.20. The van der Waals surface area contributed by atoms with E-state index in [1.165, 1.54) is 12.8 Å². The summed E-state index contributed by atoms with van der Waals surface area (Å²) in [4.78, 5) is 9.46. The van der Waals surface area contributed by atoms with Gasteiger partial charge in [0.2, 0.25) is 0 Å². The number of nitrogens with zero attached hydrogens (tertiary/aromatic N) is 4. The number of hydrogen-bond acceptors (Lipinski definition) is 4. The van der Waals surface area contributed by atoms with Crippen LogP contribution in [0.25, 0.3) is 11.4 Å². The third kappa shape index (κ3) is 2.28. The predicted octanol–water partition coefficient (Wildman–Crippen LogP) is 2.98. The van der Waals surface area contributed by atoms with Gasteiger partial charge >= 0.3 is 0 Å². The Hall–Kier alpha value is -1.91. The second-order valence-electron chi connectivity index (χ2n) is 5.37. The lowest BCUT2D eigenvalue weighted by atomic mass is 10.1. The number of nitrogens with one attached hydrogen (secondary N) is 1. The molecule has 1 aliphatic carbocycles. The zero-order valence-corrected chi connectivity index (χ0v) is 12.3. The monoisotopic (exact) mass is 271 g/mol. The van der Waals surface area contributed by atoms with Crippen molar-refractivity contribution < 1.29 is 0 Å². The molecule has 3 rings (SSSR count). The lowest BCUT2D eigenvalue weighted by Gasteiger charge is -2.13. The molecule has 0 aromatic carbocycles. The van der Waals surface area contributed by atoms with Crippen LogP contribution in [0, 0.1) is 6.92 Å². The van der Waals surface area contributed by atoms with Gasteiger partial charge in [0.05, 0.1) is 11.4 Å². The Morgan fingerprint density at radius 1 is 1.35 bits per heavy atom. The van der Waals surface area contributed by atoms with Gasteiger partial charge in [-0.2, -0.15) is 5.10 Å². The largest absolute Gasteiger partial charge is 0.373 e. The van der Waals surface area contributed by atoms with Crippen LogP contribution in [0.3, 0.4) is 0 Å². The van der Waals surface area contributed by atoms with E-state index in [0.29, 0.717) is 5.92 Å². The maximum Gasteiger partial charge on any atom is 0.134 e. The molecule has 1 fully saturated rings. The normalized spacial score (nSPS) is 14.6. The molecule has 20 heavy (non-hydrogen) atoms. The predicted molar refractivity (Wildman–Crippen MR) is 79.8 cm³/mol. The molecule has 5 nitrogen and oxygen atoms in total. The average molecular weight is 271 g/mol. The molecule has 0 atom stereocenters. The summed E-state index contributed by atoms with van der Waals surface area (Å²) in [5.74, 6) is 2.45. The topological polar surface area (TPSA) is 55.6 Å². The molecule has 1 N–H and O–H groups in total. The number of hydrogen-bond donors (Lipinski definition) is 1. The summed E-state index contributed by atoms with van der Waals surface area (Å²) >= 11 is 0. The Labute approximate surface area is 119 Å². The second kappa shape index (κ2) is 5.23. The van der Waals surface area contributed by atoms with Crippen LogP contribution in [0.15, 0.2) is 12.3 Å². The maximum absolute atomic E-state index is 4.82. The molecule has 0 unspecified atom stereocenters. The minimum absolute atomic E-state index is 0.545. The fraction of sp³-hybridized carbons (Fsp3) is 0.533. The third-order valence-corrected chi connectivity index (χ3v) is 3.74. The highest BCUT2D eigenvalue weighted by atomic mass is 15.3. The molecule has 2 aromatic heterocycles. The van der Waals surface area contributed by atoms with Crippen LogP contribution >= 0.6 is 0 Å². The summed E-state index contributed by atoms with van der Waals surface area (Å²) in [5, 5.41) is 7.60. The highest BCUT2D eigenvalue weighted by Crippen LogP contribution is 2.40. The number of anilines is 1. The van der Waals surface area contributed by atoms with Gasteiger partial charge in [0.25, 0.3) is 0 Å². The summed E-state index contributed by atoms with van der Waals surface area (Å²) in [6.45, 7) is 5.15. The first-order valence-electron chi connectivity index (χ1n) is 7.33. The smallest absolute Gasteiger partial charge is 0.134 e. The van der Waals surface area contributed by atoms with Crippen LogP contribution in [0.4, 0.5) is 5.82 Å². The van der Waals surface area contributed by atoms with E-state index >= 15 is 0 Å². The fourth-order valence-electron chi connectivity index (χ4n) is 2.47. The highest BCUT2D eigenvalue weighted by Gasteiger charge is 2.28. The van der Waals surface area contributed by atoms with E-state index in [4.69, 9.17) is 4.98 Å². The first-order chi connectivity index (χ1) is 9.74. The first kappa shape index (κ1) is 13.1. The van der Waals surface area contributed by atoms with Gasteiger partial charge in [-0.3, -0.25) is 4.68 Å². The van der Waals surface area contributed by atoms with Crippen LogP contribution in [0.1, 0.15) is 43.5 Å². The van der Waals surface area contributed by atoms with Crippen LogP contribution < -0.4 is 5.32 Å². The Morgan fingerprint density at radius 2 is 2.15 bits per heavy atom. The summed E-state index contributed by atoms with van der Waals surface area (Å²) in [7, 11) is 1.92. The summed E-state index contributed by atoms with van der Waals surface area (Å²) in [6.07, 6.45) is 5.33. The Bertz CT molecular complexity index is 613. The third-order valence-electron chi connectivity index (χ3n) is 3.74. The molecule has 0 amide bonds. The molecule has 5 heteroatoms. The van der Waals surface area contributed by atoms with Crippen molar-refractivity contribution in [3.05, 3.63) is 23.7 Å². The first-order valence-corrected chi connectivity index (χ1v) is 7.33. The fourth-order valence-corrected chi connectivity index (χ4v) is 2.47. The molecule has 0 bridgehead atoms. The number of aromatic nitrogens is 4. The van der Waals surface area contributed by atoms with Gasteiger partial charge in [0, 0.05) is 31.3 Å². The van der Waals surface area contributed by atoms with Crippen LogP contribution in [0.5, 0.6) is 0 Å². The van der Waals surface area contributed by atoms with E-state index in [9.17, 15) is 0 Å². The Kier molecular flexibility index (Phi) is 3.42. The van der Waals surface area contributed by atoms with Gasteiger partial charge in [-0.05, 0) is 32.3 Å². The molecule has 0 radical (unpaired) electrons. The van der Waals surface area contributed by atoms with E-state index in [1.807, 2.05) is 24.0 Å². The van der Waals surface area contributed by atoms with E-state index in [1.54, 1.807) is 0 Å². The van der Waals surface area contributed by atoms with Crippen molar-refractivity contribution in [1.29, 1.82) is 0 Å². The van der Waals surface area contributed by atoms with E-state index < -0.39 is 0 Å². The standard InChI is InChI=1S/C15H21N5/c1-4-9-20-12(7-8-17-20)13-10(2)14(16-3)19-15(18-13)11-5-6-11/h7-8,11H,4-6,9H2,1-3H3,(H,16,18,19). The highest BCUT2D eigenvalue weighted by molar-refractivity contribution is 5.65. The van der Waals surface area contributed by atoms with E-state index in [-0.39, 0.29) is 0 Å². The Balaban J connectivity index is 2.11. The van der Waals surface area contributed by atoms with Crippen LogP contribution in [-0.2, 0) is 6.54 Å². The summed E-state index contributed by atoms with van der Waals surface area (Å²) < 4.78 is 2.03. The zero-order valence-electron chi connectivity index (χ0n) is 12.3. The van der Waals surface area contributed by atoms with Crippen LogP contribution in [0.2, 0.25) is 0 Å². The molecule has 2 aromatic rings. The molecule has 0 saturated heterocycles. The molecule has 0 aliphatic heterocycles. The molecular formula is C15H21N5. The summed E-state index contributed by atoms with van der Waals surface area (Å²) in [5.41, 5.74) is 3.19. The number of rotatable bonds is 5. The van der Waals surface area contributed by atoms with Gasteiger partial charge in [-0.25, -0.2) is 9.97 Å². The molecular weight excluding hydrogens is 250 g/mol. The molecule has 106 valence electrons. The van der Waals surface area contributed by atoms with E-state index in [2.05, 4.69) is 29.2 Å². The molecule has 1 saturated carbocycles. The van der Waals surface area contributed by atoms with Crippen molar-refractivity contribution in [1.82, 2.24) is 19.7 Å². The lowest BCUT2D eigenvalue weighted by molar-refractivity contribution is 0.607. The van der Waals surface area contributed by atoms with Crippen molar-refractivity contribution >= 4 is 5.82 Å². The van der Waals surface area contributed by atoms with Gasteiger partial charge in [-0.1, -0.05) is 6.92 Å². The number of aryl methyl sites for hydroxylation is 1. The van der Waals surface area contributed by atoms with Crippen molar-refractivity contribution in [2.45, 2.75) is 45.6 Å². The second-order valence-corrected chi connectivity index (χ2v) is 5.37. The lowest BCUT2D eigenvalue weighted by Crippen LogP contribution is -2.08. The van der Waals surface area contributed by atoms with Gasteiger partial charge in [-0.15, -0.1) is 0 Å². The quantitative estimate of drug-likeness (QED) is 0.908. The van der Waals surface area contributed by atoms with Crippen LogP contribution in [-0.4, -0.2) is 26.8 Å². The maximum atomic E-state index is 4.82. The van der Waals surface area contributed by atoms with Gasteiger partial charge < -0.3 is 5.32 Å². The van der Waals surface area contributed by atoms with Gasteiger partial charge in [0.15, 0.2) is 0 Å². The SMILES string of the molecule is CCCn1nccc1-c1nc(C2CC2)nc(NC)c1C. The molecule has 0 spiro atoms. The Morgan fingerprint density at radius 3 is 2.80 bits per heavy atom. The minimum atomic E-state index is 0.545. The molecule has 2 heterocycles. The zero-order chi connectivity index (χ0) is 14.1. The van der Waals surface area contributed by atoms with Crippen molar-refractivity contribution in [3.8, 4) is 11.4 Å². The van der Waals surface area contributed by atoms with E-state index in [0.717, 1.165) is 41.6 Å². The van der Waals surface area contributed by atoms with Gasteiger partial charge in [0.1, 0.15) is 11.6 Å². The minimum Gasteiger partial charge on any atom is -0.373 e. The van der Waals surface area contributed by atoms with Crippen molar-refractivity contribution in [2.75, 3.05) is 12.4 Å². The van der Waals surface area contributed by atoms with Crippen molar-refractivity contribution in [3.63, 3.8) is 0 Å². The van der Waals surface area contributed by atoms with Crippen molar-refractivity contribution in [2.24, 2.45) is 0 Å². The molecule has 1 aliphatic rings. The summed E-state index contributed by atoms with van der Waals surface area (Å²) in [6, 6.07) is 2.04.